The van der Waals surface area contributed by atoms with E-state index in [-0.39, 0.29) is 0 Å². The fourth-order valence-corrected chi connectivity index (χ4v) is 1.26. The Balaban J connectivity index is 2.64. The SMILES string of the molecule is Cc1nnc(C)n1CCC(C)(C)C. The van der Waals surface area contributed by atoms with Crippen LogP contribution in [0.2, 0.25) is 0 Å². The summed E-state index contributed by atoms with van der Waals surface area (Å²) >= 11 is 0. The fourth-order valence-electron chi connectivity index (χ4n) is 1.26. The first-order chi connectivity index (χ1) is 5.90. The Bertz CT molecular complexity index is 261. The van der Waals surface area contributed by atoms with Crippen molar-refractivity contribution >= 4 is 0 Å². The predicted octanol–water partition coefficient (Wildman–Crippen LogP) is 2.33. The minimum Gasteiger partial charge on any atom is -0.315 e. The van der Waals surface area contributed by atoms with Gasteiger partial charge in [0.05, 0.1) is 0 Å². The summed E-state index contributed by atoms with van der Waals surface area (Å²) in [5.74, 6) is 2.03. The third kappa shape index (κ3) is 2.83. The molecule has 0 saturated heterocycles. The second-order valence-electron chi connectivity index (χ2n) is 4.76. The lowest BCUT2D eigenvalue weighted by atomic mass is 9.92. The highest BCUT2D eigenvalue weighted by Crippen LogP contribution is 2.19. The van der Waals surface area contributed by atoms with Gasteiger partial charge in [0.2, 0.25) is 0 Å². The molecular weight excluding hydrogens is 162 g/mol. The van der Waals surface area contributed by atoms with Crippen LogP contribution in [-0.2, 0) is 6.54 Å². The van der Waals surface area contributed by atoms with Crippen molar-refractivity contribution < 1.29 is 0 Å². The summed E-state index contributed by atoms with van der Waals surface area (Å²) in [5.41, 5.74) is 0.378. The van der Waals surface area contributed by atoms with Crippen molar-refractivity contribution in [3.8, 4) is 0 Å². The second-order valence-corrected chi connectivity index (χ2v) is 4.76. The van der Waals surface area contributed by atoms with Gasteiger partial charge in [-0.2, -0.15) is 0 Å². The van der Waals surface area contributed by atoms with Crippen LogP contribution in [0.15, 0.2) is 0 Å². The average molecular weight is 181 g/mol. The number of rotatable bonds is 2. The first-order valence-electron chi connectivity index (χ1n) is 4.76. The van der Waals surface area contributed by atoms with Gasteiger partial charge in [-0.05, 0) is 25.7 Å². The van der Waals surface area contributed by atoms with E-state index >= 15 is 0 Å². The molecule has 0 bridgehead atoms. The number of nitrogens with zero attached hydrogens (tertiary/aromatic N) is 3. The Labute approximate surface area is 80.2 Å². The largest absolute Gasteiger partial charge is 0.315 e. The molecule has 3 heteroatoms. The number of aromatic nitrogens is 3. The number of hydrogen-bond donors (Lipinski definition) is 0. The number of hydrogen-bond acceptors (Lipinski definition) is 2. The molecule has 0 aromatic carbocycles. The third-order valence-electron chi connectivity index (χ3n) is 2.21. The second kappa shape index (κ2) is 3.48. The van der Waals surface area contributed by atoms with Crippen LogP contribution in [0, 0.1) is 19.3 Å². The molecular formula is C10H19N3. The van der Waals surface area contributed by atoms with Crippen LogP contribution >= 0.6 is 0 Å². The maximum absolute atomic E-state index is 4.03. The topological polar surface area (TPSA) is 30.7 Å². The molecule has 0 aliphatic carbocycles. The Hall–Kier alpha value is -0.860. The molecule has 0 amide bonds. The summed E-state index contributed by atoms with van der Waals surface area (Å²) in [7, 11) is 0. The van der Waals surface area contributed by atoms with Gasteiger partial charge in [0.1, 0.15) is 11.6 Å². The van der Waals surface area contributed by atoms with Crippen molar-refractivity contribution in [3.05, 3.63) is 11.6 Å². The van der Waals surface area contributed by atoms with Gasteiger partial charge < -0.3 is 4.57 Å². The maximum atomic E-state index is 4.03. The van der Waals surface area contributed by atoms with Crippen LogP contribution < -0.4 is 0 Å². The Morgan fingerprint density at radius 3 is 1.92 bits per heavy atom. The molecule has 0 N–H and O–H groups in total. The third-order valence-corrected chi connectivity index (χ3v) is 2.21. The van der Waals surface area contributed by atoms with Crippen molar-refractivity contribution in [1.29, 1.82) is 0 Å². The summed E-state index contributed by atoms with van der Waals surface area (Å²) < 4.78 is 2.17. The zero-order valence-corrected chi connectivity index (χ0v) is 9.26. The molecule has 3 nitrogen and oxygen atoms in total. The zero-order chi connectivity index (χ0) is 10.1. The normalized spacial score (nSPS) is 12.1. The predicted molar refractivity (Wildman–Crippen MR) is 53.6 cm³/mol. The van der Waals surface area contributed by atoms with Crippen LogP contribution in [0.3, 0.4) is 0 Å². The van der Waals surface area contributed by atoms with Gasteiger partial charge in [-0.15, -0.1) is 10.2 Å². The summed E-state index contributed by atoms with van der Waals surface area (Å²) in [6.45, 7) is 11.8. The van der Waals surface area contributed by atoms with Crippen LogP contribution in [0.5, 0.6) is 0 Å². The standard InChI is InChI=1S/C10H19N3/c1-8-11-12-9(2)13(8)7-6-10(3,4)5/h6-7H2,1-5H3. The highest BCUT2D eigenvalue weighted by atomic mass is 15.3. The van der Waals surface area contributed by atoms with Gasteiger partial charge >= 0.3 is 0 Å². The quantitative estimate of drug-likeness (QED) is 0.701. The van der Waals surface area contributed by atoms with Crippen LogP contribution in [-0.4, -0.2) is 14.8 Å². The zero-order valence-electron chi connectivity index (χ0n) is 9.26. The molecule has 1 heterocycles. The molecule has 0 aliphatic rings. The van der Waals surface area contributed by atoms with Crippen molar-refractivity contribution in [2.45, 2.75) is 47.6 Å². The summed E-state index contributed by atoms with van der Waals surface area (Å²) in [6, 6.07) is 0. The molecule has 0 saturated carbocycles. The molecule has 13 heavy (non-hydrogen) atoms. The minimum absolute atomic E-state index is 0.378. The average Bonchev–Trinajstić information content (AvgIpc) is 2.27. The van der Waals surface area contributed by atoms with E-state index < -0.39 is 0 Å². The highest BCUT2D eigenvalue weighted by molar-refractivity contribution is 4.90. The van der Waals surface area contributed by atoms with E-state index in [9.17, 15) is 0 Å². The Morgan fingerprint density at radius 1 is 1.08 bits per heavy atom. The molecule has 0 spiro atoms. The van der Waals surface area contributed by atoms with Crippen molar-refractivity contribution in [3.63, 3.8) is 0 Å². The molecule has 1 aromatic rings. The van der Waals surface area contributed by atoms with E-state index in [2.05, 4.69) is 35.5 Å². The minimum atomic E-state index is 0.378. The maximum Gasteiger partial charge on any atom is 0.129 e. The van der Waals surface area contributed by atoms with Gasteiger partial charge in [0.15, 0.2) is 0 Å². The molecule has 1 rings (SSSR count). The molecule has 0 aliphatic heterocycles. The summed E-state index contributed by atoms with van der Waals surface area (Å²) in [6.07, 6.45) is 1.16. The first-order valence-corrected chi connectivity index (χ1v) is 4.76. The van der Waals surface area contributed by atoms with E-state index in [1.807, 2.05) is 13.8 Å². The van der Waals surface area contributed by atoms with Crippen LogP contribution in [0.1, 0.15) is 38.8 Å². The molecule has 0 fully saturated rings. The molecule has 0 atom stereocenters. The lowest BCUT2D eigenvalue weighted by molar-refractivity contribution is 0.347. The first kappa shape index (κ1) is 10.2. The van der Waals surface area contributed by atoms with Gasteiger partial charge in [0, 0.05) is 6.54 Å². The monoisotopic (exact) mass is 181 g/mol. The smallest absolute Gasteiger partial charge is 0.129 e. The van der Waals surface area contributed by atoms with Crippen molar-refractivity contribution in [1.82, 2.24) is 14.8 Å². The van der Waals surface area contributed by atoms with Gasteiger partial charge in [-0.25, -0.2) is 0 Å². The molecule has 74 valence electrons. The Kier molecular flexibility index (Phi) is 2.74. The number of aryl methyl sites for hydroxylation is 2. The van der Waals surface area contributed by atoms with E-state index in [0.29, 0.717) is 5.41 Å². The van der Waals surface area contributed by atoms with Gasteiger partial charge in [-0.1, -0.05) is 20.8 Å². The summed E-state index contributed by atoms with van der Waals surface area (Å²) in [4.78, 5) is 0. The van der Waals surface area contributed by atoms with E-state index in [1.165, 1.54) is 0 Å². The summed E-state index contributed by atoms with van der Waals surface area (Å²) in [5, 5.41) is 8.06. The van der Waals surface area contributed by atoms with Crippen LogP contribution in [0.4, 0.5) is 0 Å². The Morgan fingerprint density at radius 2 is 1.54 bits per heavy atom. The van der Waals surface area contributed by atoms with Crippen LogP contribution in [0.25, 0.3) is 0 Å². The van der Waals surface area contributed by atoms with E-state index in [4.69, 9.17) is 0 Å². The lowest BCUT2D eigenvalue weighted by Gasteiger charge is -2.18. The lowest BCUT2D eigenvalue weighted by Crippen LogP contribution is -2.12. The fraction of sp³-hybridized carbons (Fsp3) is 0.800. The van der Waals surface area contributed by atoms with Gasteiger partial charge in [0.25, 0.3) is 0 Å². The van der Waals surface area contributed by atoms with Crippen molar-refractivity contribution in [2.75, 3.05) is 0 Å². The van der Waals surface area contributed by atoms with E-state index in [1.54, 1.807) is 0 Å². The van der Waals surface area contributed by atoms with E-state index in [0.717, 1.165) is 24.6 Å². The van der Waals surface area contributed by atoms with Gasteiger partial charge in [-0.3, -0.25) is 0 Å². The van der Waals surface area contributed by atoms with Crippen molar-refractivity contribution in [2.24, 2.45) is 5.41 Å². The highest BCUT2D eigenvalue weighted by Gasteiger charge is 2.12. The molecule has 1 aromatic heterocycles. The molecule has 0 unspecified atom stereocenters. The molecule has 0 radical (unpaired) electrons.